The summed E-state index contributed by atoms with van der Waals surface area (Å²) in [7, 11) is 0. The van der Waals surface area contributed by atoms with Gasteiger partial charge in [0.2, 0.25) is 0 Å². The van der Waals surface area contributed by atoms with Gasteiger partial charge in [-0.3, -0.25) is 9.59 Å². The zero-order valence-corrected chi connectivity index (χ0v) is 19.0. The summed E-state index contributed by atoms with van der Waals surface area (Å²) in [5.41, 5.74) is 0.992. The Kier molecular flexibility index (Phi) is 8.51. The molecule has 6 atom stereocenters. The standard InChI is InChI=1S/C24H40O6/c1-16(11-13-25)10-12-23(3)18(15-26)19(30-22(29)9-8-21(27)28)14-24(4)17(2)6-5-7-20(23)24/h6,16,18-20,25-26H,5,7-15H2,1-4H3,(H,27,28). The number of carbonyl (C=O) groups excluding carboxylic acids is 1. The molecule has 0 aromatic heterocycles. The first-order valence-electron chi connectivity index (χ1n) is 11.4. The Labute approximate surface area is 180 Å². The number of rotatable bonds is 10. The van der Waals surface area contributed by atoms with E-state index in [-0.39, 0.29) is 42.8 Å². The SMILES string of the molecule is CC1=CCCC2C1(C)CC(OC(=O)CCC(=O)O)C(CO)C2(C)CCC(C)CCO. The van der Waals surface area contributed by atoms with Crippen molar-refractivity contribution < 1.29 is 29.6 Å². The summed E-state index contributed by atoms with van der Waals surface area (Å²) in [5.74, 6) is -0.943. The Bertz CT molecular complexity index is 644. The van der Waals surface area contributed by atoms with Gasteiger partial charge in [-0.25, -0.2) is 0 Å². The molecule has 2 aliphatic carbocycles. The topological polar surface area (TPSA) is 104 Å². The molecule has 30 heavy (non-hydrogen) atoms. The molecule has 0 amide bonds. The third kappa shape index (κ3) is 5.25. The second-order valence-corrected chi connectivity index (χ2v) is 10.0. The summed E-state index contributed by atoms with van der Waals surface area (Å²) >= 11 is 0. The van der Waals surface area contributed by atoms with E-state index in [4.69, 9.17) is 9.84 Å². The molecule has 1 fully saturated rings. The van der Waals surface area contributed by atoms with Gasteiger partial charge in [0.25, 0.3) is 0 Å². The molecule has 0 heterocycles. The predicted octanol–water partition coefficient (Wildman–Crippen LogP) is 3.94. The molecule has 6 unspecified atom stereocenters. The van der Waals surface area contributed by atoms with Crippen LogP contribution in [0.15, 0.2) is 11.6 Å². The average molecular weight is 425 g/mol. The van der Waals surface area contributed by atoms with Crippen molar-refractivity contribution in [3.8, 4) is 0 Å². The van der Waals surface area contributed by atoms with Gasteiger partial charge < -0.3 is 20.1 Å². The summed E-state index contributed by atoms with van der Waals surface area (Å²) in [6, 6.07) is 0. The summed E-state index contributed by atoms with van der Waals surface area (Å²) < 4.78 is 5.83. The third-order valence-corrected chi connectivity index (χ3v) is 8.11. The summed E-state index contributed by atoms with van der Waals surface area (Å²) in [4.78, 5) is 23.2. The maximum Gasteiger partial charge on any atom is 0.306 e. The van der Waals surface area contributed by atoms with Crippen molar-refractivity contribution in [1.82, 2.24) is 0 Å². The lowest BCUT2D eigenvalue weighted by atomic mass is 9.46. The second kappa shape index (κ2) is 10.3. The summed E-state index contributed by atoms with van der Waals surface area (Å²) in [6.07, 6.45) is 6.79. The highest BCUT2D eigenvalue weighted by Gasteiger charge is 2.58. The molecule has 2 aliphatic rings. The molecule has 2 rings (SSSR count). The largest absolute Gasteiger partial charge is 0.481 e. The highest BCUT2D eigenvalue weighted by Crippen LogP contribution is 2.62. The van der Waals surface area contributed by atoms with Crippen molar-refractivity contribution in [2.24, 2.45) is 28.6 Å². The number of aliphatic hydroxyl groups excluding tert-OH is 2. The summed E-state index contributed by atoms with van der Waals surface area (Å²) in [6.45, 7) is 8.90. The maximum absolute atomic E-state index is 12.4. The fraction of sp³-hybridized carbons (Fsp3) is 0.833. The lowest BCUT2D eigenvalue weighted by Gasteiger charge is -2.60. The van der Waals surface area contributed by atoms with Gasteiger partial charge in [0.15, 0.2) is 0 Å². The smallest absolute Gasteiger partial charge is 0.306 e. The van der Waals surface area contributed by atoms with Gasteiger partial charge in [-0.05, 0) is 61.7 Å². The number of fused-ring (bicyclic) bond motifs is 1. The van der Waals surface area contributed by atoms with Crippen LogP contribution in [0.25, 0.3) is 0 Å². The zero-order valence-electron chi connectivity index (χ0n) is 19.0. The molecule has 6 nitrogen and oxygen atoms in total. The Morgan fingerprint density at radius 3 is 2.53 bits per heavy atom. The molecule has 0 spiro atoms. The number of aliphatic hydroxyl groups is 2. The van der Waals surface area contributed by atoms with Crippen LogP contribution in [0.3, 0.4) is 0 Å². The van der Waals surface area contributed by atoms with E-state index in [1.54, 1.807) is 0 Å². The normalized spacial score (nSPS) is 34.6. The van der Waals surface area contributed by atoms with E-state index in [2.05, 4.69) is 33.8 Å². The number of carboxylic acid groups (broad SMARTS) is 1. The molecular weight excluding hydrogens is 384 g/mol. The zero-order chi connectivity index (χ0) is 22.5. The number of aliphatic carboxylic acids is 1. The van der Waals surface area contributed by atoms with Crippen molar-refractivity contribution >= 4 is 11.9 Å². The van der Waals surface area contributed by atoms with Crippen LogP contribution >= 0.6 is 0 Å². The first-order valence-corrected chi connectivity index (χ1v) is 11.4. The van der Waals surface area contributed by atoms with Crippen molar-refractivity contribution in [3.05, 3.63) is 11.6 Å². The highest BCUT2D eigenvalue weighted by molar-refractivity contribution is 5.76. The van der Waals surface area contributed by atoms with Gasteiger partial charge in [-0.1, -0.05) is 38.8 Å². The number of carboxylic acids is 1. The van der Waals surface area contributed by atoms with Crippen molar-refractivity contribution in [2.45, 2.75) is 85.2 Å². The van der Waals surface area contributed by atoms with Gasteiger partial charge in [-0.15, -0.1) is 0 Å². The number of esters is 1. The summed E-state index contributed by atoms with van der Waals surface area (Å²) in [5, 5.41) is 28.6. The Morgan fingerprint density at radius 2 is 1.93 bits per heavy atom. The van der Waals surface area contributed by atoms with E-state index < -0.39 is 18.0 Å². The van der Waals surface area contributed by atoms with Gasteiger partial charge in [0, 0.05) is 19.1 Å². The van der Waals surface area contributed by atoms with E-state index in [0.717, 1.165) is 32.1 Å². The number of allylic oxidation sites excluding steroid dienone is 2. The lowest BCUT2D eigenvalue weighted by molar-refractivity contribution is -0.180. The fourth-order valence-electron chi connectivity index (χ4n) is 6.07. The molecule has 0 radical (unpaired) electrons. The van der Waals surface area contributed by atoms with E-state index in [1.165, 1.54) is 5.57 Å². The molecule has 0 bridgehead atoms. The van der Waals surface area contributed by atoms with Gasteiger partial charge in [0.05, 0.1) is 12.8 Å². The minimum atomic E-state index is -1.02. The van der Waals surface area contributed by atoms with Gasteiger partial charge in [0.1, 0.15) is 6.10 Å². The van der Waals surface area contributed by atoms with Crippen LogP contribution in [0.1, 0.15) is 79.1 Å². The van der Waals surface area contributed by atoms with Crippen LogP contribution in [0.2, 0.25) is 0 Å². The van der Waals surface area contributed by atoms with Crippen LogP contribution in [-0.4, -0.2) is 46.6 Å². The van der Waals surface area contributed by atoms with Crippen LogP contribution in [0, 0.1) is 28.6 Å². The highest BCUT2D eigenvalue weighted by atomic mass is 16.5. The quantitative estimate of drug-likeness (QED) is 0.362. The number of hydrogen-bond donors (Lipinski definition) is 3. The van der Waals surface area contributed by atoms with Gasteiger partial charge in [-0.2, -0.15) is 0 Å². The van der Waals surface area contributed by atoms with Gasteiger partial charge >= 0.3 is 11.9 Å². The van der Waals surface area contributed by atoms with E-state index in [0.29, 0.717) is 18.3 Å². The molecule has 1 saturated carbocycles. The maximum atomic E-state index is 12.4. The molecule has 172 valence electrons. The van der Waals surface area contributed by atoms with Crippen molar-refractivity contribution in [2.75, 3.05) is 13.2 Å². The average Bonchev–Trinajstić information content (AvgIpc) is 2.67. The molecular formula is C24H40O6. The second-order valence-electron chi connectivity index (χ2n) is 10.0. The monoisotopic (exact) mass is 424 g/mol. The molecule has 0 aromatic carbocycles. The molecule has 0 aromatic rings. The fourth-order valence-corrected chi connectivity index (χ4v) is 6.07. The van der Waals surface area contributed by atoms with Crippen LogP contribution in [0.4, 0.5) is 0 Å². The van der Waals surface area contributed by atoms with Crippen molar-refractivity contribution in [3.63, 3.8) is 0 Å². The van der Waals surface area contributed by atoms with Crippen LogP contribution in [-0.2, 0) is 14.3 Å². The van der Waals surface area contributed by atoms with E-state index >= 15 is 0 Å². The van der Waals surface area contributed by atoms with Crippen LogP contribution < -0.4 is 0 Å². The Hall–Kier alpha value is -1.40. The molecule has 3 N–H and O–H groups in total. The van der Waals surface area contributed by atoms with E-state index in [9.17, 15) is 19.8 Å². The lowest BCUT2D eigenvalue weighted by Crippen LogP contribution is -2.57. The Balaban J connectivity index is 2.32. The van der Waals surface area contributed by atoms with Crippen LogP contribution in [0.5, 0.6) is 0 Å². The first-order chi connectivity index (χ1) is 14.1. The number of ether oxygens (including phenoxy) is 1. The van der Waals surface area contributed by atoms with E-state index in [1.807, 2.05) is 0 Å². The number of hydrogen-bond acceptors (Lipinski definition) is 5. The van der Waals surface area contributed by atoms with Crippen molar-refractivity contribution in [1.29, 1.82) is 0 Å². The third-order valence-electron chi connectivity index (χ3n) is 8.11. The first kappa shape index (κ1) is 24.9. The minimum absolute atomic E-state index is 0.0584. The molecule has 0 aliphatic heterocycles. The minimum Gasteiger partial charge on any atom is -0.481 e. The Morgan fingerprint density at radius 1 is 1.23 bits per heavy atom. The predicted molar refractivity (Wildman–Crippen MR) is 115 cm³/mol. The molecule has 0 saturated heterocycles. The molecule has 6 heteroatoms. The number of carbonyl (C=O) groups is 2.